The lowest BCUT2D eigenvalue weighted by atomic mass is 10.0. The summed E-state index contributed by atoms with van der Waals surface area (Å²) in [4.78, 5) is 33.6. The van der Waals surface area contributed by atoms with Gasteiger partial charge in [0.05, 0.1) is 60.8 Å². The second-order valence-electron chi connectivity index (χ2n) is 8.25. The van der Waals surface area contributed by atoms with Gasteiger partial charge in [0.1, 0.15) is 5.75 Å². The zero-order valence-corrected chi connectivity index (χ0v) is 21.8. The zero-order valence-electron chi connectivity index (χ0n) is 19.4. The summed E-state index contributed by atoms with van der Waals surface area (Å²) in [5.41, 5.74) is 1.30. The minimum Gasteiger partial charge on any atom is -0.506 e. The molecule has 0 aliphatic carbocycles. The van der Waals surface area contributed by atoms with Crippen molar-refractivity contribution in [2.24, 2.45) is 4.99 Å². The minimum atomic E-state index is -0.718. The predicted molar refractivity (Wildman–Crippen MR) is 137 cm³/mol. The maximum atomic E-state index is 12.6. The van der Waals surface area contributed by atoms with Gasteiger partial charge >= 0.3 is 0 Å². The molecule has 0 saturated carbocycles. The van der Waals surface area contributed by atoms with Crippen molar-refractivity contribution in [3.8, 4) is 5.75 Å². The van der Waals surface area contributed by atoms with Gasteiger partial charge in [0.15, 0.2) is 5.96 Å². The summed E-state index contributed by atoms with van der Waals surface area (Å²) < 4.78 is 11.7. The Kier molecular flexibility index (Phi) is 8.29. The quantitative estimate of drug-likeness (QED) is 0.335. The normalized spacial score (nSPS) is 17.1. The van der Waals surface area contributed by atoms with Crippen LogP contribution in [0, 0.1) is 0 Å². The average molecular weight is 582 g/mol. The molecule has 2 aliphatic heterocycles. The van der Waals surface area contributed by atoms with Gasteiger partial charge in [-0.05, 0) is 40.5 Å². The molecule has 5 N–H and O–H groups in total. The molecule has 0 unspecified atom stereocenters. The fourth-order valence-corrected chi connectivity index (χ4v) is 4.67. The summed E-state index contributed by atoms with van der Waals surface area (Å²) in [5, 5.41) is 22.3. The lowest BCUT2D eigenvalue weighted by Crippen LogP contribution is -2.52. The van der Waals surface area contributed by atoms with E-state index in [1.54, 1.807) is 24.4 Å². The molecule has 2 aliphatic rings. The molecule has 1 spiro atoms. The van der Waals surface area contributed by atoms with Crippen molar-refractivity contribution < 1.29 is 24.2 Å². The van der Waals surface area contributed by atoms with Gasteiger partial charge in [-0.2, -0.15) is 0 Å². The largest absolute Gasteiger partial charge is 0.506 e. The van der Waals surface area contributed by atoms with Crippen LogP contribution in [-0.4, -0.2) is 66.5 Å². The summed E-state index contributed by atoms with van der Waals surface area (Å²) >= 11 is 9.34. The summed E-state index contributed by atoms with van der Waals surface area (Å²) in [5.74, 6) is -1.08. The van der Waals surface area contributed by atoms with Gasteiger partial charge in [0.2, 0.25) is 11.7 Å². The van der Waals surface area contributed by atoms with E-state index in [-0.39, 0.29) is 17.9 Å². The summed E-state index contributed by atoms with van der Waals surface area (Å²) in [7, 11) is 0. The molecular weight excluding hydrogens is 556 g/mol. The Morgan fingerprint density at radius 1 is 1.28 bits per heavy atom. The molecule has 1 fully saturated rings. The van der Waals surface area contributed by atoms with Crippen LogP contribution in [0.25, 0.3) is 0 Å². The van der Waals surface area contributed by atoms with E-state index in [0.717, 1.165) is 0 Å². The Morgan fingerprint density at radius 3 is 2.75 bits per heavy atom. The van der Waals surface area contributed by atoms with Gasteiger partial charge in [0.25, 0.3) is 5.91 Å². The first kappa shape index (κ1) is 26.1. The van der Waals surface area contributed by atoms with Crippen LogP contribution in [0.1, 0.15) is 35.3 Å². The van der Waals surface area contributed by atoms with E-state index in [2.05, 4.69) is 47.2 Å². The molecule has 1 saturated heterocycles. The molecule has 11 nitrogen and oxygen atoms in total. The number of benzene rings is 1. The first-order valence-corrected chi connectivity index (χ1v) is 12.5. The number of phenols is 1. The number of rotatable bonds is 7. The standard InChI is InChI=1S/C23H26BrClN6O5/c1-2-18(16-6-14(25)7-17(24)20(16)33)31-19(32)10-27-21(34)13-5-15(9-26-8-13)30-22-28-11-23(12-29-22)35-3-4-36-23/h5-9,18,33H,2-4,10-12H2,1H3,(H,27,34)(H,31,32)(H2,28,29,30)/t18-/m0/s1. The van der Waals surface area contributed by atoms with Crippen molar-refractivity contribution in [3.05, 3.63) is 51.2 Å². The summed E-state index contributed by atoms with van der Waals surface area (Å²) in [6, 6.07) is 4.28. The highest BCUT2D eigenvalue weighted by atomic mass is 79.9. The number of guanidine groups is 1. The van der Waals surface area contributed by atoms with Crippen LogP contribution in [-0.2, 0) is 14.3 Å². The average Bonchev–Trinajstić information content (AvgIpc) is 3.33. The van der Waals surface area contributed by atoms with Gasteiger partial charge < -0.3 is 35.8 Å². The molecular formula is C23H26BrClN6O5. The first-order chi connectivity index (χ1) is 17.3. The van der Waals surface area contributed by atoms with Crippen molar-refractivity contribution in [3.63, 3.8) is 0 Å². The maximum Gasteiger partial charge on any atom is 0.253 e. The van der Waals surface area contributed by atoms with E-state index in [9.17, 15) is 14.7 Å². The molecule has 0 radical (unpaired) electrons. The van der Waals surface area contributed by atoms with Crippen LogP contribution < -0.4 is 21.3 Å². The van der Waals surface area contributed by atoms with Gasteiger partial charge in [-0.1, -0.05) is 18.5 Å². The number of ether oxygens (including phenoxy) is 2. The number of nitrogens with one attached hydrogen (secondary N) is 4. The maximum absolute atomic E-state index is 12.6. The fraction of sp³-hybridized carbons (Fsp3) is 0.391. The number of phenolic OH excluding ortho intramolecular Hbond substituents is 1. The number of hydrogen-bond donors (Lipinski definition) is 5. The predicted octanol–water partition coefficient (Wildman–Crippen LogP) is 2.31. The summed E-state index contributed by atoms with van der Waals surface area (Å²) in [6.07, 6.45) is 3.47. The number of halogens is 2. The highest BCUT2D eigenvalue weighted by molar-refractivity contribution is 9.10. The van der Waals surface area contributed by atoms with Gasteiger partial charge in [0, 0.05) is 16.8 Å². The number of hydrogen-bond acceptors (Lipinski definition) is 9. The highest BCUT2D eigenvalue weighted by Gasteiger charge is 2.39. The van der Waals surface area contributed by atoms with E-state index < -0.39 is 23.6 Å². The number of anilines is 1. The number of carbonyl (C=O) groups is 2. The number of carbonyl (C=O) groups excluding carboxylic acids is 2. The molecule has 1 aromatic carbocycles. The Morgan fingerprint density at radius 2 is 2.06 bits per heavy atom. The number of aliphatic imine (C=N–C) groups is 1. The third kappa shape index (κ3) is 6.25. The lowest BCUT2D eigenvalue weighted by molar-refractivity contribution is -0.144. The van der Waals surface area contributed by atoms with E-state index in [1.165, 1.54) is 6.20 Å². The van der Waals surface area contributed by atoms with Crippen LogP contribution in [0.2, 0.25) is 5.02 Å². The van der Waals surface area contributed by atoms with Crippen molar-refractivity contribution in [2.45, 2.75) is 25.2 Å². The van der Waals surface area contributed by atoms with E-state index >= 15 is 0 Å². The van der Waals surface area contributed by atoms with E-state index in [0.29, 0.717) is 59.4 Å². The smallest absolute Gasteiger partial charge is 0.253 e. The molecule has 1 aromatic heterocycles. The topological polar surface area (TPSA) is 146 Å². The van der Waals surface area contributed by atoms with Gasteiger partial charge in [-0.25, -0.2) is 4.99 Å². The lowest BCUT2D eigenvalue weighted by Gasteiger charge is -2.30. The fourth-order valence-electron chi connectivity index (χ4n) is 3.83. The molecule has 0 bridgehead atoms. The summed E-state index contributed by atoms with van der Waals surface area (Å²) in [6.45, 7) is 3.49. The van der Waals surface area contributed by atoms with E-state index in [4.69, 9.17) is 21.1 Å². The second kappa shape index (κ2) is 11.4. The van der Waals surface area contributed by atoms with Crippen molar-refractivity contribution in [2.75, 3.05) is 38.2 Å². The molecule has 2 aromatic rings. The minimum absolute atomic E-state index is 0.00139. The monoisotopic (exact) mass is 580 g/mol. The molecule has 1 atom stereocenters. The zero-order chi connectivity index (χ0) is 25.7. The number of aromatic hydroxyl groups is 1. The number of pyridine rings is 1. The third-order valence-corrected chi connectivity index (χ3v) is 6.49. The Hall–Kier alpha value is -2.93. The molecule has 192 valence electrons. The molecule has 4 rings (SSSR count). The van der Waals surface area contributed by atoms with Crippen molar-refractivity contribution in [1.82, 2.24) is 20.9 Å². The van der Waals surface area contributed by atoms with Crippen LogP contribution >= 0.6 is 27.5 Å². The van der Waals surface area contributed by atoms with Crippen LogP contribution in [0.5, 0.6) is 5.75 Å². The van der Waals surface area contributed by atoms with Crippen LogP contribution in [0.4, 0.5) is 5.69 Å². The van der Waals surface area contributed by atoms with Crippen LogP contribution in [0.15, 0.2) is 40.1 Å². The SMILES string of the molecule is CC[C@H](NC(=O)CNC(=O)c1cncc(NC2=NCC3(CN2)OCCO3)c1)c1cc(Cl)cc(Br)c1O. The number of nitrogens with zero attached hydrogens (tertiary/aromatic N) is 2. The van der Waals surface area contributed by atoms with Crippen molar-refractivity contribution in [1.29, 1.82) is 0 Å². The van der Waals surface area contributed by atoms with Gasteiger partial charge in [-0.3, -0.25) is 14.6 Å². The van der Waals surface area contributed by atoms with E-state index in [1.807, 2.05) is 6.92 Å². The molecule has 36 heavy (non-hydrogen) atoms. The number of aromatic nitrogens is 1. The van der Waals surface area contributed by atoms with Crippen molar-refractivity contribution >= 4 is 51.0 Å². The Labute approximate surface area is 221 Å². The highest BCUT2D eigenvalue weighted by Crippen LogP contribution is 2.36. The molecule has 13 heteroatoms. The first-order valence-electron chi connectivity index (χ1n) is 11.3. The second-order valence-corrected chi connectivity index (χ2v) is 9.54. The molecule has 2 amide bonds. The number of amides is 2. The molecule has 3 heterocycles. The third-order valence-electron chi connectivity index (χ3n) is 5.67. The van der Waals surface area contributed by atoms with Gasteiger partial charge in [-0.15, -0.1) is 0 Å². The Bertz CT molecular complexity index is 1170. The van der Waals surface area contributed by atoms with Crippen LogP contribution in [0.3, 0.4) is 0 Å². The Balaban J connectivity index is 1.31.